The number of thioether (sulfide) groups is 1. The fourth-order valence-electron chi connectivity index (χ4n) is 3.78. The van der Waals surface area contributed by atoms with Crippen molar-refractivity contribution in [2.45, 2.75) is 25.3 Å². The number of amides is 1. The van der Waals surface area contributed by atoms with Gasteiger partial charge in [-0.05, 0) is 35.2 Å². The molecule has 0 spiro atoms. The monoisotopic (exact) mass is 479 g/mol. The molecule has 1 aliphatic heterocycles. The van der Waals surface area contributed by atoms with Gasteiger partial charge in [0.05, 0.1) is 6.61 Å². The summed E-state index contributed by atoms with van der Waals surface area (Å²) in [5.41, 5.74) is 3.45. The van der Waals surface area contributed by atoms with Gasteiger partial charge in [-0.2, -0.15) is 0 Å². The van der Waals surface area contributed by atoms with E-state index in [4.69, 9.17) is 16.3 Å². The largest absolute Gasteiger partial charge is 0.464 e. The molecule has 2 unspecified atom stereocenters. The number of rotatable bonds is 6. The molecule has 1 amide bonds. The number of nitrogens with zero attached hydrogens (tertiary/aromatic N) is 1. The lowest BCUT2D eigenvalue weighted by Crippen LogP contribution is -2.44. The lowest BCUT2D eigenvalue weighted by atomic mass is 10.0. The number of esters is 1. The van der Waals surface area contributed by atoms with E-state index in [9.17, 15) is 9.59 Å². The van der Waals surface area contributed by atoms with Gasteiger partial charge in [0.1, 0.15) is 11.4 Å². The van der Waals surface area contributed by atoms with Gasteiger partial charge in [0.15, 0.2) is 0 Å². The molecule has 0 radical (unpaired) electrons. The molecule has 0 aliphatic carbocycles. The number of ether oxygens (including phenoxy) is 1. The molecule has 0 N–H and O–H groups in total. The number of hydrogen-bond acceptors (Lipinski definition) is 4. The van der Waals surface area contributed by atoms with E-state index in [1.165, 1.54) is 11.8 Å². The predicted octanol–water partition coefficient (Wildman–Crippen LogP) is 6.46. The molecule has 170 valence electrons. The summed E-state index contributed by atoms with van der Waals surface area (Å²) in [6, 6.07) is 24.3. The third kappa shape index (κ3) is 5.26. The first-order valence-corrected chi connectivity index (χ1v) is 12.4. The van der Waals surface area contributed by atoms with Crippen molar-refractivity contribution in [3.8, 4) is 11.1 Å². The zero-order valence-electron chi connectivity index (χ0n) is 18.6. The minimum Gasteiger partial charge on any atom is -0.464 e. The number of hydrogen-bond donors (Lipinski definition) is 0. The number of carbonyl (C=O) groups excluding carboxylic acids is 2. The Morgan fingerprint density at radius 3 is 2.27 bits per heavy atom. The molecule has 2 atom stereocenters. The summed E-state index contributed by atoms with van der Waals surface area (Å²) in [4.78, 5) is 28.3. The van der Waals surface area contributed by atoms with Gasteiger partial charge in [-0.15, -0.1) is 11.8 Å². The van der Waals surface area contributed by atoms with Crippen LogP contribution in [0.15, 0.2) is 78.9 Å². The lowest BCUT2D eigenvalue weighted by Gasteiger charge is -2.29. The molecule has 1 fully saturated rings. The average Bonchev–Trinajstić information content (AvgIpc) is 3.28. The summed E-state index contributed by atoms with van der Waals surface area (Å²) in [7, 11) is 0. The first-order chi connectivity index (χ1) is 16.0. The first kappa shape index (κ1) is 23.4. The second kappa shape index (κ2) is 10.4. The summed E-state index contributed by atoms with van der Waals surface area (Å²) in [5, 5.41) is 0.208. The van der Waals surface area contributed by atoms with E-state index < -0.39 is 6.04 Å². The minimum atomic E-state index is -0.670. The quantitative estimate of drug-likeness (QED) is 0.380. The van der Waals surface area contributed by atoms with E-state index in [1.54, 1.807) is 11.0 Å². The van der Waals surface area contributed by atoms with Crippen molar-refractivity contribution in [1.29, 1.82) is 0 Å². The minimum absolute atomic E-state index is 0.212. The number of carbonyl (C=O) groups is 2. The predicted molar refractivity (Wildman–Crippen MR) is 134 cm³/mol. The summed E-state index contributed by atoms with van der Waals surface area (Å²) in [6.07, 6.45) is 0. The molecule has 4 nitrogen and oxygen atoms in total. The van der Waals surface area contributed by atoms with Crippen molar-refractivity contribution in [3.05, 3.63) is 95.0 Å². The van der Waals surface area contributed by atoms with E-state index in [2.05, 4.69) is 0 Å². The van der Waals surface area contributed by atoms with Gasteiger partial charge in [0.2, 0.25) is 0 Å². The Bertz CT molecular complexity index is 1120. The van der Waals surface area contributed by atoms with Crippen molar-refractivity contribution in [1.82, 2.24) is 4.90 Å². The summed E-state index contributed by atoms with van der Waals surface area (Å²) in [6.45, 7) is 4.30. The van der Waals surface area contributed by atoms with Gasteiger partial charge < -0.3 is 9.64 Å². The van der Waals surface area contributed by atoms with Gasteiger partial charge in [-0.25, -0.2) is 4.79 Å². The molecule has 3 aromatic carbocycles. The maximum atomic E-state index is 13.7. The Kier molecular flexibility index (Phi) is 7.41. The van der Waals surface area contributed by atoms with E-state index in [-0.39, 0.29) is 23.2 Å². The number of halogens is 1. The van der Waals surface area contributed by atoms with Crippen LogP contribution in [0.25, 0.3) is 11.1 Å². The molecule has 1 saturated heterocycles. The lowest BCUT2D eigenvalue weighted by molar-refractivity contribution is -0.149. The normalized spacial score (nSPS) is 17.9. The van der Waals surface area contributed by atoms with Crippen molar-refractivity contribution >= 4 is 35.2 Å². The van der Waals surface area contributed by atoms with Crippen molar-refractivity contribution in [3.63, 3.8) is 0 Å². The highest BCUT2D eigenvalue weighted by Gasteiger charge is 2.44. The molecule has 6 heteroatoms. The zero-order valence-corrected chi connectivity index (χ0v) is 20.2. The van der Waals surface area contributed by atoms with Gasteiger partial charge in [0, 0.05) is 21.9 Å². The highest BCUT2D eigenvalue weighted by molar-refractivity contribution is 7.99. The van der Waals surface area contributed by atoms with Crippen LogP contribution in [-0.4, -0.2) is 35.2 Å². The molecule has 0 bridgehead atoms. The van der Waals surface area contributed by atoms with Crippen LogP contribution in [0.4, 0.5) is 0 Å². The molecule has 33 heavy (non-hydrogen) atoms. The highest BCUT2D eigenvalue weighted by atomic mass is 35.5. The van der Waals surface area contributed by atoms with Crippen LogP contribution in [-0.2, 0) is 9.53 Å². The van der Waals surface area contributed by atoms with Crippen molar-refractivity contribution in [2.24, 2.45) is 5.92 Å². The van der Waals surface area contributed by atoms with E-state index in [1.807, 2.05) is 86.6 Å². The number of benzene rings is 3. The van der Waals surface area contributed by atoms with E-state index in [0.717, 1.165) is 16.7 Å². The molecule has 1 heterocycles. The molecule has 4 rings (SSSR count). The van der Waals surface area contributed by atoms with Crippen LogP contribution in [0.3, 0.4) is 0 Å². The molecular formula is C27H26ClNO3S. The maximum absolute atomic E-state index is 13.7. The Labute approximate surface area is 203 Å². The van der Waals surface area contributed by atoms with E-state index >= 15 is 0 Å². The van der Waals surface area contributed by atoms with Crippen LogP contribution in [0.1, 0.15) is 35.1 Å². The van der Waals surface area contributed by atoms with Crippen LogP contribution < -0.4 is 0 Å². The Balaban J connectivity index is 1.64. The van der Waals surface area contributed by atoms with Gasteiger partial charge in [-0.1, -0.05) is 86.1 Å². The molecule has 3 aromatic rings. The second-order valence-electron chi connectivity index (χ2n) is 8.40. The van der Waals surface area contributed by atoms with Crippen LogP contribution >= 0.6 is 23.4 Å². The smallest absolute Gasteiger partial charge is 0.329 e. The highest BCUT2D eigenvalue weighted by Crippen LogP contribution is 2.44. The van der Waals surface area contributed by atoms with Gasteiger partial charge in [-0.3, -0.25) is 4.79 Å². The Morgan fingerprint density at radius 2 is 1.61 bits per heavy atom. The maximum Gasteiger partial charge on any atom is 0.329 e. The first-order valence-electron chi connectivity index (χ1n) is 11.0. The van der Waals surface area contributed by atoms with Gasteiger partial charge in [0.25, 0.3) is 5.91 Å². The molecule has 0 aromatic heterocycles. The SMILES string of the molecule is CC(C)COC(=O)C1CSC(c2ccccc2Cl)N1C(=O)c1ccc(-c2ccccc2)cc1. The van der Waals surface area contributed by atoms with E-state index in [0.29, 0.717) is 22.9 Å². The Morgan fingerprint density at radius 1 is 0.970 bits per heavy atom. The van der Waals surface area contributed by atoms with Crippen LogP contribution in [0, 0.1) is 5.92 Å². The Hall–Kier alpha value is -2.76. The second-order valence-corrected chi connectivity index (χ2v) is 9.92. The summed E-state index contributed by atoms with van der Waals surface area (Å²) < 4.78 is 5.52. The molecular weight excluding hydrogens is 454 g/mol. The third-order valence-electron chi connectivity index (χ3n) is 5.48. The summed E-state index contributed by atoms with van der Waals surface area (Å²) >= 11 is 8.00. The van der Waals surface area contributed by atoms with Crippen molar-refractivity contribution < 1.29 is 14.3 Å². The fourth-order valence-corrected chi connectivity index (χ4v) is 5.53. The molecule has 1 aliphatic rings. The fraction of sp³-hybridized carbons (Fsp3) is 0.259. The standard InChI is InChI=1S/C27H26ClNO3S/c1-18(2)16-32-27(31)24-17-33-26(22-10-6-7-11-23(22)28)29(24)25(30)21-14-12-20(13-15-21)19-8-4-3-5-9-19/h3-15,18,24,26H,16-17H2,1-2H3. The summed E-state index contributed by atoms with van der Waals surface area (Å²) in [5.74, 6) is 0.0915. The van der Waals surface area contributed by atoms with Crippen LogP contribution in [0.2, 0.25) is 5.02 Å². The third-order valence-corrected chi connectivity index (χ3v) is 7.13. The topological polar surface area (TPSA) is 46.6 Å². The zero-order chi connectivity index (χ0) is 23.4. The molecule has 0 saturated carbocycles. The van der Waals surface area contributed by atoms with Crippen LogP contribution in [0.5, 0.6) is 0 Å². The average molecular weight is 480 g/mol. The van der Waals surface area contributed by atoms with Gasteiger partial charge >= 0.3 is 5.97 Å². The van der Waals surface area contributed by atoms with Crippen molar-refractivity contribution in [2.75, 3.05) is 12.4 Å².